The van der Waals surface area contributed by atoms with Crippen LogP contribution in [0.4, 0.5) is 0 Å². The average molecular weight is 330 g/mol. The van der Waals surface area contributed by atoms with Crippen molar-refractivity contribution in [2.75, 3.05) is 6.61 Å². The summed E-state index contributed by atoms with van der Waals surface area (Å²) >= 11 is 0. The van der Waals surface area contributed by atoms with Crippen LogP contribution >= 0.6 is 0 Å². The van der Waals surface area contributed by atoms with E-state index in [0.717, 1.165) is 12.0 Å². The Kier molecular flexibility index (Phi) is 4.28. The van der Waals surface area contributed by atoms with Gasteiger partial charge in [0.25, 0.3) is 0 Å². The number of hydrogen-bond acceptors (Lipinski definition) is 4. The molecule has 0 bridgehead atoms. The van der Waals surface area contributed by atoms with Gasteiger partial charge < -0.3 is 9.84 Å². The fourth-order valence-corrected chi connectivity index (χ4v) is 4.48. The van der Waals surface area contributed by atoms with Crippen LogP contribution in [0.25, 0.3) is 0 Å². The Morgan fingerprint density at radius 1 is 1.38 bits per heavy atom. The molecule has 4 nitrogen and oxygen atoms in total. The topological polar surface area (TPSA) is 63.6 Å². The minimum absolute atomic E-state index is 0.0149. The van der Waals surface area contributed by atoms with E-state index in [9.17, 15) is 14.7 Å². The molecule has 0 aliphatic heterocycles. The number of aliphatic hydroxyl groups excluding tert-OH is 1. The first kappa shape index (κ1) is 17.2. The molecule has 130 valence electrons. The lowest BCUT2D eigenvalue weighted by molar-refractivity contribution is -0.139. The van der Waals surface area contributed by atoms with Crippen molar-refractivity contribution in [3.05, 3.63) is 34.9 Å². The minimum atomic E-state index is -0.708. The molecule has 1 saturated carbocycles. The van der Waals surface area contributed by atoms with Gasteiger partial charge in [0, 0.05) is 17.4 Å². The summed E-state index contributed by atoms with van der Waals surface area (Å²) in [5, 5.41) is 10.1. The number of carbonyl (C=O) groups excluding carboxylic acids is 2. The summed E-state index contributed by atoms with van der Waals surface area (Å²) in [4.78, 5) is 26.0. The predicted molar refractivity (Wildman–Crippen MR) is 91.1 cm³/mol. The molecule has 3 rings (SSSR count). The van der Waals surface area contributed by atoms with Crippen LogP contribution in [0.1, 0.15) is 40.5 Å². The molecule has 0 radical (unpaired) electrons. The van der Waals surface area contributed by atoms with E-state index in [2.05, 4.69) is 13.0 Å². The van der Waals surface area contributed by atoms with Gasteiger partial charge in [-0.05, 0) is 32.6 Å². The van der Waals surface area contributed by atoms with Crippen molar-refractivity contribution in [3.63, 3.8) is 0 Å². The second kappa shape index (κ2) is 5.99. The Balaban J connectivity index is 2.17. The zero-order valence-electron chi connectivity index (χ0n) is 14.8. The van der Waals surface area contributed by atoms with Crippen molar-refractivity contribution in [3.8, 4) is 0 Å². The highest BCUT2D eigenvalue weighted by atomic mass is 16.5. The van der Waals surface area contributed by atoms with Crippen LogP contribution in [0.5, 0.6) is 0 Å². The number of allylic oxidation sites excluding steroid dienone is 4. The molecule has 3 aliphatic rings. The van der Waals surface area contributed by atoms with Crippen LogP contribution in [0.2, 0.25) is 0 Å². The molecule has 0 aromatic rings. The average Bonchev–Trinajstić information content (AvgIpc) is 2.77. The van der Waals surface area contributed by atoms with E-state index in [-0.39, 0.29) is 29.5 Å². The predicted octanol–water partition coefficient (Wildman–Crippen LogP) is 2.97. The highest BCUT2D eigenvalue weighted by Gasteiger charge is 2.50. The fourth-order valence-electron chi connectivity index (χ4n) is 4.48. The Morgan fingerprint density at radius 2 is 2.08 bits per heavy atom. The third-order valence-corrected chi connectivity index (χ3v) is 5.80. The molecule has 0 amide bonds. The van der Waals surface area contributed by atoms with E-state index in [1.807, 2.05) is 26.0 Å². The summed E-state index contributed by atoms with van der Waals surface area (Å²) in [7, 11) is 0. The second-order valence-electron chi connectivity index (χ2n) is 7.55. The lowest BCUT2D eigenvalue weighted by Crippen LogP contribution is -2.34. The molecular weight excluding hydrogens is 304 g/mol. The van der Waals surface area contributed by atoms with Gasteiger partial charge in [0.2, 0.25) is 0 Å². The van der Waals surface area contributed by atoms with E-state index >= 15 is 0 Å². The standard InChI is InChI=1S/C20H26O4/c1-5-24-19(23)16-11(2)6-7-15-12(3)8-13-9-14(21)10-20(13,4)18(22)17(15)16/h6-7,9,11-12,14-15,21H,5,8,10H2,1-4H3. The number of aliphatic hydroxyl groups is 1. The first-order chi connectivity index (χ1) is 11.3. The van der Waals surface area contributed by atoms with Gasteiger partial charge in [-0.15, -0.1) is 0 Å². The Hall–Kier alpha value is -1.68. The maximum Gasteiger partial charge on any atom is 0.335 e. The minimum Gasteiger partial charge on any atom is -0.463 e. The first-order valence-corrected chi connectivity index (χ1v) is 8.83. The summed E-state index contributed by atoms with van der Waals surface area (Å²) in [5.74, 6) is -0.389. The van der Waals surface area contributed by atoms with Crippen LogP contribution in [-0.2, 0) is 14.3 Å². The molecule has 24 heavy (non-hydrogen) atoms. The lowest BCUT2D eigenvalue weighted by Gasteiger charge is -2.31. The summed E-state index contributed by atoms with van der Waals surface area (Å²) < 4.78 is 5.24. The number of esters is 1. The van der Waals surface area contributed by atoms with Crippen LogP contribution in [0, 0.1) is 23.2 Å². The number of rotatable bonds is 2. The third kappa shape index (κ3) is 2.48. The summed E-state index contributed by atoms with van der Waals surface area (Å²) in [6.45, 7) is 8.01. The Bertz CT molecular complexity index is 669. The molecule has 0 saturated heterocycles. The largest absolute Gasteiger partial charge is 0.463 e. The van der Waals surface area contributed by atoms with Gasteiger partial charge in [0.05, 0.1) is 23.7 Å². The highest BCUT2D eigenvalue weighted by molar-refractivity contribution is 6.09. The van der Waals surface area contributed by atoms with Gasteiger partial charge in [-0.2, -0.15) is 0 Å². The highest BCUT2D eigenvalue weighted by Crippen LogP contribution is 2.52. The monoisotopic (exact) mass is 330 g/mol. The third-order valence-electron chi connectivity index (χ3n) is 5.80. The lowest BCUT2D eigenvalue weighted by atomic mass is 9.71. The van der Waals surface area contributed by atoms with Crippen molar-refractivity contribution in [2.24, 2.45) is 23.2 Å². The van der Waals surface area contributed by atoms with Gasteiger partial charge in [0.1, 0.15) is 0 Å². The molecule has 3 aliphatic carbocycles. The number of carbonyl (C=O) groups is 2. The normalized spacial score (nSPS) is 38.4. The van der Waals surface area contributed by atoms with Crippen molar-refractivity contribution in [1.82, 2.24) is 0 Å². The van der Waals surface area contributed by atoms with Crippen LogP contribution in [0.15, 0.2) is 34.9 Å². The molecule has 4 heteroatoms. The molecule has 1 N–H and O–H groups in total. The smallest absolute Gasteiger partial charge is 0.335 e. The van der Waals surface area contributed by atoms with E-state index in [1.54, 1.807) is 6.92 Å². The molecule has 1 fully saturated rings. The quantitative estimate of drug-likeness (QED) is 0.624. The van der Waals surface area contributed by atoms with Crippen LogP contribution < -0.4 is 0 Å². The van der Waals surface area contributed by atoms with Crippen LogP contribution in [-0.4, -0.2) is 29.6 Å². The number of ether oxygens (including phenoxy) is 1. The van der Waals surface area contributed by atoms with E-state index in [0.29, 0.717) is 24.2 Å². The fraction of sp³-hybridized carbons (Fsp3) is 0.600. The molecule has 5 unspecified atom stereocenters. The first-order valence-electron chi connectivity index (χ1n) is 8.83. The Labute approximate surface area is 143 Å². The molecule has 0 heterocycles. The van der Waals surface area contributed by atoms with Crippen molar-refractivity contribution < 1.29 is 19.4 Å². The number of hydrogen-bond donors (Lipinski definition) is 1. The van der Waals surface area contributed by atoms with Crippen LogP contribution in [0.3, 0.4) is 0 Å². The van der Waals surface area contributed by atoms with Crippen molar-refractivity contribution in [2.45, 2.75) is 46.6 Å². The van der Waals surface area contributed by atoms with Gasteiger partial charge in [-0.3, -0.25) is 4.79 Å². The van der Waals surface area contributed by atoms with E-state index in [1.165, 1.54) is 0 Å². The summed E-state index contributed by atoms with van der Waals surface area (Å²) in [5.41, 5.74) is 1.42. The van der Waals surface area contributed by atoms with E-state index in [4.69, 9.17) is 4.74 Å². The van der Waals surface area contributed by atoms with E-state index < -0.39 is 11.5 Å². The maximum atomic E-state index is 13.5. The number of Topliss-reactive ketones (excluding diaryl/α,β-unsaturated/α-hetero) is 1. The summed E-state index contributed by atoms with van der Waals surface area (Å²) in [6, 6.07) is 0. The van der Waals surface area contributed by atoms with Gasteiger partial charge in [-0.25, -0.2) is 4.79 Å². The number of ketones is 1. The van der Waals surface area contributed by atoms with Gasteiger partial charge in [-0.1, -0.05) is 37.6 Å². The van der Waals surface area contributed by atoms with Gasteiger partial charge >= 0.3 is 5.97 Å². The van der Waals surface area contributed by atoms with Crippen molar-refractivity contribution in [1.29, 1.82) is 0 Å². The SMILES string of the molecule is CCOC(=O)C1=C2C(=O)C3(C)CC(O)C=C3CC(C)C2C=CC1C. The second-order valence-corrected chi connectivity index (χ2v) is 7.55. The van der Waals surface area contributed by atoms with Crippen molar-refractivity contribution >= 4 is 11.8 Å². The molecule has 0 aromatic carbocycles. The summed E-state index contributed by atoms with van der Waals surface area (Å²) in [6.07, 6.45) is 6.51. The maximum absolute atomic E-state index is 13.5. The number of fused-ring (bicyclic) bond motifs is 2. The Morgan fingerprint density at radius 3 is 2.75 bits per heavy atom. The molecule has 5 atom stereocenters. The molecule has 0 aromatic heterocycles. The zero-order valence-corrected chi connectivity index (χ0v) is 14.8. The molecule has 0 spiro atoms. The zero-order chi connectivity index (χ0) is 17.6. The van der Waals surface area contributed by atoms with Gasteiger partial charge in [0.15, 0.2) is 5.78 Å². The molecular formula is C20H26O4.